The Kier molecular flexibility index (Phi) is 5.77. The third kappa shape index (κ3) is 4.47. The second-order valence-corrected chi connectivity index (χ2v) is 7.51. The summed E-state index contributed by atoms with van der Waals surface area (Å²) in [6.07, 6.45) is 2.01. The van der Waals surface area contributed by atoms with Crippen molar-refractivity contribution in [3.8, 4) is 11.8 Å². The number of benzene rings is 1. The Morgan fingerprint density at radius 2 is 2.19 bits per heavy atom. The molecule has 3 rings (SSSR count). The highest BCUT2D eigenvalue weighted by Gasteiger charge is 2.24. The number of hydrogen-bond acceptors (Lipinski definition) is 6. The summed E-state index contributed by atoms with van der Waals surface area (Å²) in [5.41, 5.74) is 2.59. The average molecular weight is 384 g/mol. The first-order valence-electron chi connectivity index (χ1n) is 8.72. The van der Waals surface area contributed by atoms with E-state index in [-0.39, 0.29) is 0 Å². The molecule has 7 heteroatoms. The fourth-order valence-electron chi connectivity index (χ4n) is 2.97. The zero-order valence-electron chi connectivity index (χ0n) is 15.2. The number of ether oxygens (including phenoxy) is 2. The van der Waals surface area contributed by atoms with Gasteiger partial charge in [0.15, 0.2) is 12.7 Å². The van der Waals surface area contributed by atoms with E-state index in [0.29, 0.717) is 16.3 Å². The number of aryl methyl sites for hydroxylation is 2. The molecular weight excluding hydrogens is 364 g/mol. The molecule has 1 amide bonds. The van der Waals surface area contributed by atoms with Gasteiger partial charge in [-0.15, -0.1) is 11.3 Å². The van der Waals surface area contributed by atoms with Gasteiger partial charge >= 0.3 is 5.97 Å². The van der Waals surface area contributed by atoms with Crippen LogP contribution in [0.5, 0.6) is 5.75 Å². The van der Waals surface area contributed by atoms with E-state index in [2.05, 4.69) is 11.4 Å². The number of esters is 1. The Labute approximate surface area is 161 Å². The molecule has 0 spiro atoms. The van der Waals surface area contributed by atoms with E-state index in [1.54, 1.807) is 13.0 Å². The van der Waals surface area contributed by atoms with Crippen LogP contribution < -0.4 is 10.1 Å². The van der Waals surface area contributed by atoms with Crippen LogP contribution in [0.1, 0.15) is 34.9 Å². The first kappa shape index (κ1) is 18.9. The van der Waals surface area contributed by atoms with Crippen molar-refractivity contribution < 1.29 is 19.1 Å². The molecule has 6 nitrogen and oxygen atoms in total. The molecule has 0 saturated heterocycles. The van der Waals surface area contributed by atoms with Gasteiger partial charge in [0.1, 0.15) is 16.8 Å². The standard InChI is InChI=1S/C20H20N2O4S/c1-12-5-3-6-14(9-12)26-13(2)20(24)25-11-18(23)22-19-16(10-21)15-7-4-8-17(15)27-19/h3,5-6,9,13H,4,7-8,11H2,1-2H3,(H,22,23)/t13-/m0/s1. The molecule has 1 aliphatic carbocycles. The minimum atomic E-state index is -0.834. The summed E-state index contributed by atoms with van der Waals surface area (Å²) in [7, 11) is 0. The van der Waals surface area contributed by atoms with Gasteiger partial charge in [0.25, 0.3) is 5.91 Å². The number of hydrogen-bond donors (Lipinski definition) is 1. The minimum absolute atomic E-state index is 0.423. The van der Waals surface area contributed by atoms with Crippen molar-refractivity contribution in [1.82, 2.24) is 0 Å². The van der Waals surface area contributed by atoms with Gasteiger partial charge in [-0.2, -0.15) is 5.26 Å². The lowest BCUT2D eigenvalue weighted by atomic mass is 10.1. The van der Waals surface area contributed by atoms with Crippen molar-refractivity contribution in [1.29, 1.82) is 5.26 Å². The number of carbonyl (C=O) groups excluding carboxylic acids is 2. The van der Waals surface area contributed by atoms with E-state index in [1.807, 2.05) is 25.1 Å². The molecule has 2 aromatic rings. The Bertz CT molecular complexity index is 913. The maximum Gasteiger partial charge on any atom is 0.347 e. The lowest BCUT2D eigenvalue weighted by Gasteiger charge is -2.14. The Balaban J connectivity index is 1.52. The van der Waals surface area contributed by atoms with Gasteiger partial charge in [-0.25, -0.2) is 4.79 Å². The Morgan fingerprint density at radius 1 is 1.37 bits per heavy atom. The molecule has 0 saturated carbocycles. The molecule has 1 atom stereocenters. The summed E-state index contributed by atoms with van der Waals surface area (Å²) in [6.45, 7) is 3.07. The Hall–Kier alpha value is -2.85. The van der Waals surface area contributed by atoms with Gasteiger partial charge in [-0.1, -0.05) is 12.1 Å². The SMILES string of the molecule is Cc1cccc(O[C@@H](C)C(=O)OCC(=O)Nc2sc3c(c2C#N)CCC3)c1. The predicted molar refractivity (Wildman–Crippen MR) is 102 cm³/mol. The van der Waals surface area contributed by atoms with Crippen LogP contribution in [0.3, 0.4) is 0 Å². The van der Waals surface area contributed by atoms with Crippen molar-refractivity contribution in [3.63, 3.8) is 0 Å². The van der Waals surface area contributed by atoms with E-state index in [9.17, 15) is 14.9 Å². The topological polar surface area (TPSA) is 88.4 Å². The van der Waals surface area contributed by atoms with E-state index in [4.69, 9.17) is 9.47 Å². The summed E-state index contributed by atoms with van der Waals surface area (Å²) >= 11 is 1.43. The lowest BCUT2D eigenvalue weighted by molar-refractivity contribution is -0.153. The number of anilines is 1. The zero-order chi connectivity index (χ0) is 19.4. The average Bonchev–Trinajstić information content (AvgIpc) is 3.20. The molecule has 27 heavy (non-hydrogen) atoms. The molecule has 0 aliphatic heterocycles. The summed E-state index contributed by atoms with van der Waals surface area (Å²) < 4.78 is 10.6. The van der Waals surface area contributed by atoms with Crippen molar-refractivity contribution in [2.45, 2.75) is 39.2 Å². The number of nitrogens with zero attached hydrogens (tertiary/aromatic N) is 1. The minimum Gasteiger partial charge on any atom is -0.479 e. The molecule has 140 valence electrons. The Morgan fingerprint density at radius 3 is 2.93 bits per heavy atom. The second kappa shape index (κ2) is 8.23. The first-order chi connectivity index (χ1) is 13.0. The monoisotopic (exact) mass is 384 g/mol. The second-order valence-electron chi connectivity index (χ2n) is 6.41. The van der Waals surface area contributed by atoms with Gasteiger partial charge in [-0.3, -0.25) is 4.79 Å². The van der Waals surface area contributed by atoms with Crippen LogP contribution >= 0.6 is 11.3 Å². The predicted octanol–water partition coefficient (Wildman–Crippen LogP) is 3.37. The molecule has 1 N–H and O–H groups in total. The van der Waals surface area contributed by atoms with Crippen molar-refractivity contribution in [2.75, 3.05) is 11.9 Å². The third-order valence-corrected chi connectivity index (χ3v) is 5.47. The van der Waals surface area contributed by atoms with Crippen LogP contribution in [0, 0.1) is 18.3 Å². The maximum atomic E-state index is 12.1. The van der Waals surface area contributed by atoms with Gasteiger partial charge in [0.2, 0.25) is 0 Å². The summed E-state index contributed by atoms with van der Waals surface area (Å²) in [6, 6.07) is 9.49. The molecular formula is C20H20N2O4S. The third-order valence-electron chi connectivity index (χ3n) is 4.27. The number of nitrogens with one attached hydrogen (secondary N) is 1. The quantitative estimate of drug-likeness (QED) is 0.772. The summed E-state index contributed by atoms with van der Waals surface area (Å²) in [4.78, 5) is 25.3. The van der Waals surface area contributed by atoms with Crippen molar-refractivity contribution >= 4 is 28.2 Å². The largest absolute Gasteiger partial charge is 0.479 e. The smallest absolute Gasteiger partial charge is 0.347 e. The highest BCUT2D eigenvalue weighted by molar-refractivity contribution is 7.16. The van der Waals surface area contributed by atoms with Crippen LogP contribution in [0.4, 0.5) is 5.00 Å². The maximum absolute atomic E-state index is 12.1. The number of nitriles is 1. The van der Waals surface area contributed by atoms with Gasteiger partial charge in [0.05, 0.1) is 5.56 Å². The summed E-state index contributed by atoms with van der Waals surface area (Å²) in [5, 5.41) is 12.6. The van der Waals surface area contributed by atoms with Gasteiger partial charge in [-0.05, 0) is 56.4 Å². The number of thiophene rings is 1. The van der Waals surface area contributed by atoms with Crippen LogP contribution in [-0.4, -0.2) is 24.6 Å². The van der Waals surface area contributed by atoms with Crippen LogP contribution in [0.25, 0.3) is 0 Å². The number of carbonyl (C=O) groups is 2. The van der Waals surface area contributed by atoms with E-state index < -0.39 is 24.6 Å². The highest BCUT2D eigenvalue weighted by Crippen LogP contribution is 2.38. The molecule has 1 aromatic carbocycles. The number of rotatable bonds is 6. The fourth-order valence-corrected chi connectivity index (χ4v) is 4.22. The zero-order valence-corrected chi connectivity index (χ0v) is 16.0. The van der Waals surface area contributed by atoms with Crippen LogP contribution in [0.2, 0.25) is 0 Å². The van der Waals surface area contributed by atoms with E-state index in [1.165, 1.54) is 11.3 Å². The molecule has 1 aromatic heterocycles. The summed E-state index contributed by atoms with van der Waals surface area (Å²) in [5.74, 6) is -0.529. The van der Waals surface area contributed by atoms with Crippen molar-refractivity contribution in [3.05, 3.63) is 45.8 Å². The number of fused-ring (bicyclic) bond motifs is 1. The first-order valence-corrected chi connectivity index (χ1v) is 9.54. The number of amides is 1. The lowest BCUT2D eigenvalue weighted by Crippen LogP contribution is -2.29. The molecule has 1 aliphatic rings. The molecule has 1 heterocycles. The van der Waals surface area contributed by atoms with Crippen molar-refractivity contribution in [2.24, 2.45) is 0 Å². The fraction of sp³-hybridized carbons (Fsp3) is 0.350. The van der Waals surface area contributed by atoms with Gasteiger partial charge < -0.3 is 14.8 Å². The van der Waals surface area contributed by atoms with E-state index >= 15 is 0 Å². The van der Waals surface area contributed by atoms with Crippen LogP contribution in [-0.2, 0) is 27.2 Å². The van der Waals surface area contributed by atoms with Crippen LogP contribution in [0.15, 0.2) is 24.3 Å². The van der Waals surface area contributed by atoms with Gasteiger partial charge in [0, 0.05) is 4.88 Å². The molecule has 0 fully saturated rings. The molecule has 0 bridgehead atoms. The molecule has 0 unspecified atom stereocenters. The normalized spacial score (nSPS) is 13.4. The van der Waals surface area contributed by atoms with E-state index in [0.717, 1.165) is 35.3 Å². The highest BCUT2D eigenvalue weighted by atomic mass is 32.1. The molecule has 0 radical (unpaired) electrons.